The summed E-state index contributed by atoms with van der Waals surface area (Å²) in [6.07, 6.45) is 1.58. The molecule has 2 aliphatic carbocycles. The van der Waals surface area contributed by atoms with Gasteiger partial charge in [-0.3, -0.25) is 4.79 Å². The van der Waals surface area contributed by atoms with Gasteiger partial charge in [0.2, 0.25) is 0 Å². The average Bonchev–Trinajstić information content (AvgIpc) is 3.20. The zero-order valence-electron chi connectivity index (χ0n) is 20.4. The van der Waals surface area contributed by atoms with Gasteiger partial charge >= 0.3 is 0 Å². The number of carbonyl (C=O) groups is 1. The van der Waals surface area contributed by atoms with Crippen LogP contribution in [0.4, 0.5) is 18.9 Å². The van der Waals surface area contributed by atoms with Crippen molar-refractivity contribution in [1.29, 1.82) is 0 Å². The molecule has 3 aromatic carbocycles. The van der Waals surface area contributed by atoms with E-state index in [9.17, 15) is 31.5 Å². The molecule has 2 bridgehead atoms. The van der Waals surface area contributed by atoms with Crippen molar-refractivity contribution in [2.24, 2.45) is 11.8 Å². The fraction of sp³-hybridized carbons (Fsp3) is 0.276. The lowest BCUT2D eigenvalue weighted by atomic mass is 9.77. The van der Waals surface area contributed by atoms with E-state index < -0.39 is 44.0 Å². The summed E-state index contributed by atoms with van der Waals surface area (Å²) in [7, 11) is -4.03. The third-order valence-electron chi connectivity index (χ3n) is 7.35. The molecule has 0 aromatic heterocycles. The van der Waals surface area contributed by atoms with E-state index in [1.54, 1.807) is 0 Å². The van der Waals surface area contributed by atoms with Gasteiger partial charge in [-0.15, -0.1) is 0 Å². The molecule has 0 heterocycles. The number of nitrogens with one attached hydrogen (secondary N) is 1. The molecule has 0 spiro atoms. The van der Waals surface area contributed by atoms with E-state index in [4.69, 9.17) is 11.6 Å². The number of carbonyl (C=O) groups excluding carboxylic acids is 1. The van der Waals surface area contributed by atoms with E-state index in [0.717, 1.165) is 11.6 Å². The van der Waals surface area contributed by atoms with Gasteiger partial charge in [0, 0.05) is 28.9 Å². The van der Waals surface area contributed by atoms with Crippen LogP contribution in [0.1, 0.15) is 41.6 Å². The summed E-state index contributed by atoms with van der Waals surface area (Å²) in [5.74, 6) is -0.271. The molecule has 1 amide bonds. The zero-order chi connectivity index (χ0) is 27.9. The number of halogens is 4. The summed E-state index contributed by atoms with van der Waals surface area (Å²) in [6.45, 7) is 0. The normalized spacial score (nSPS) is 24.1. The Morgan fingerprint density at radius 3 is 2.21 bits per heavy atom. The molecule has 0 saturated heterocycles. The van der Waals surface area contributed by atoms with Crippen molar-refractivity contribution in [1.82, 2.24) is 0 Å². The van der Waals surface area contributed by atoms with Gasteiger partial charge in [-0.1, -0.05) is 41.6 Å². The Kier molecular flexibility index (Phi) is 7.23. The smallest absolute Gasteiger partial charge is 0.255 e. The summed E-state index contributed by atoms with van der Waals surface area (Å²) in [6, 6.07) is 14.1. The topological polar surface area (TPSA) is 83.5 Å². The van der Waals surface area contributed by atoms with Gasteiger partial charge in [0.15, 0.2) is 27.3 Å². The van der Waals surface area contributed by atoms with Gasteiger partial charge in [-0.25, -0.2) is 21.6 Å². The molecular formula is C29H23ClF3NO4S. The molecule has 3 unspecified atom stereocenters. The van der Waals surface area contributed by atoms with Crippen molar-refractivity contribution < 1.29 is 31.5 Å². The lowest BCUT2D eigenvalue weighted by Gasteiger charge is -2.38. The van der Waals surface area contributed by atoms with Gasteiger partial charge in [0.25, 0.3) is 5.91 Å². The van der Waals surface area contributed by atoms with Gasteiger partial charge < -0.3 is 10.4 Å². The molecule has 2 aliphatic rings. The van der Waals surface area contributed by atoms with Crippen molar-refractivity contribution in [2.45, 2.75) is 41.4 Å². The van der Waals surface area contributed by atoms with E-state index in [1.807, 2.05) is 30.3 Å². The number of hydrogen-bond donors (Lipinski definition) is 2. The molecule has 4 atom stereocenters. The van der Waals surface area contributed by atoms with Crippen molar-refractivity contribution in [3.8, 4) is 11.8 Å². The van der Waals surface area contributed by atoms with Gasteiger partial charge in [-0.2, -0.15) is 0 Å². The van der Waals surface area contributed by atoms with E-state index in [-0.39, 0.29) is 45.8 Å². The summed E-state index contributed by atoms with van der Waals surface area (Å²) >= 11 is 6.29. The Morgan fingerprint density at radius 1 is 0.974 bits per heavy atom. The summed E-state index contributed by atoms with van der Waals surface area (Å²) in [5.41, 5.74) is -1.02. The molecule has 5 nitrogen and oxygen atoms in total. The van der Waals surface area contributed by atoms with Crippen molar-refractivity contribution in [2.75, 3.05) is 5.32 Å². The van der Waals surface area contributed by atoms with Crippen molar-refractivity contribution >= 4 is 33.0 Å². The van der Waals surface area contributed by atoms with E-state index >= 15 is 0 Å². The lowest BCUT2D eigenvalue weighted by Crippen LogP contribution is -2.45. The quantitative estimate of drug-likeness (QED) is 0.307. The molecule has 3 aromatic rings. The Hall–Kier alpha value is -3.32. The van der Waals surface area contributed by atoms with Crippen LogP contribution < -0.4 is 5.32 Å². The number of rotatable bonds is 4. The number of fused-ring (bicyclic) bond motifs is 2. The van der Waals surface area contributed by atoms with Crippen LogP contribution >= 0.6 is 11.6 Å². The van der Waals surface area contributed by atoms with Gasteiger partial charge in [0.1, 0.15) is 5.60 Å². The van der Waals surface area contributed by atoms with Crippen LogP contribution in [0, 0.1) is 41.1 Å². The molecule has 5 rings (SSSR count). The Morgan fingerprint density at radius 2 is 1.59 bits per heavy atom. The Balaban J connectivity index is 1.39. The van der Waals surface area contributed by atoms with Crippen LogP contribution in [0.3, 0.4) is 0 Å². The molecule has 0 radical (unpaired) electrons. The molecular weight excluding hydrogens is 551 g/mol. The van der Waals surface area contributed by atoms with E-state index in [1.165, 1.54) is 12.1 Å². The number of hydrogen-bond acceptors (Lipinski definition) is 4. The first-order valence-corrected chi connectivity index (χ1v) is 14.2. The largest absolute Gasteiger partial charge is 0.378 e. The highest BCUT2D eigenvalue weighted by Crippen LogP contribution is 2.51. The number of amides is 1. The van der Waals surface area contributed by atoms with Crippen molar-refractivity contribution in [3.05, 3.63) is 94.3 Å². The maximum Gasteiger partial charge on any atom is 0.255 e. The third kappa shape index (κ3) is 5.42. The van der Waals surface area contributed by atoms with Gasteiger partial charge in [-0.05, 0) is 67.9 Å². The van der Waals surface area contributed by atoms with E-state index in [2.05, 4.69) is 17.2 Å². The lowest BCUT2D eigenvalue weighted by molar-refractivity contribution is 0.0340. The SMILES string of the molecule is O=C(Nc1cc(F)c(F)c(F)c1)c1ccc(Cl)c(S(=O)(=O)C2C3CC[C@@H]2CC(O)(C#Cc2ccccc2)C3)c1. The number of benzene rings is 3. The number of anilines is 1. The standard InChI is InChI=1S/C29H23ClF3NO4S/c30-22-9-8-18(28(35)34-21-13-23(31)26(33)24(32)14-21)12-25(22)39(37,38)27-19-6-7-20(27)16-29(36,15-19)11-10-17-4-2-1-3-5-17/h1-5,8-9,12-14,19-20,27,36H,6-7,15-16H2,(H,34,35)/t19-,20?,27?,29?/m1/s1. The van der Waals surface area contributed by atoms with Crippen LogP contribution in [-0.2, 0) is 9.84 Å². The molecule has 39 heavy (non-hydrogen) atoms. The van der Waals surface area contributed by atoms with Crippen LogP contribution in [0.15, 0.2) is 65.6 Å². The second-order valence-corrected chi connectivity index (χ2v) is 12.5. The van der Waals surface area contributed by atoms with Crippen LogP contribution in [0.5, 0.6) is 0 Å². The fourth-order valence-corrected chi connectivity index (χ4v) is 8.53. The maximum atomic E-state index is 13.8. The second-order valence-electron chi connectivity index (χ2n) is 10.0. The minimum atomic E-state index is -4.03. The number of aliphatic hydroxyl groups is 1. The minimum Gasteiger partial charge on any atom is -0.378 e. The third-order valence-corrected chi connectivity index (χ3v) is 10.2. The highest BCUT2D eigenvalue weighted by molar-refractivity contribution is 7.92. The zero-order valence-corrected chi connectivity index (χ0v) is 22.0. The predicted octanol–water partition coefficient (Wildman–Crippen LogP) is 5.75. The van der Waals surface area contributed by atoms with E-state index in [0.29, 0.717) is 25.0 Å². The average molecular weight is 574 g/mol. The molecule has 2 N–H and O–H groups in total. The maximum absolute atomic E-state index is 13.8. The summed E-state index contributed by atoms with van der Waals surface area (Å²) in [4.78, 5) is 12.5. The highest BCUT2D eigenvalue weighted by Gasteiger charge is 2.54. The second kappa shape index (κ2) is 10.3. The molecule has 10 heteroatoms. The minimum absolute atomic E-state index is 0.0745. The monoisotopic (exact) mass is 573 g/mol. The van der Waals surface area contributed by atoms with Crippen LogP contribution in [0.25, 0.3) is 0 Å². The Bertz CT molecular complexity index is 1580. The Labute approximate surface area is 228 Å². The first-order chi connectivity index (χ1) is 18.5. The van der Waals surface area contributed by atoms with Crippen molar-refractivity contribution in [3.63, 3.8) is 0 Å². The molecule has 2 saturated carbocycles. The molecule has 0 aliphatic heterocycles. The first-order valence-electron chi connectivity index (χ1n) is 12.3. The predicted molar refractivity (Wildman–Crippen MR) is 140 cm³/mol. The summed E-state index contributed by atoms with van der Waals surface area (Å²) in [5, 5.41) is 12.6. The first kappa shape index (κ1) is 27.3. The van der Waals surface area contributed by atoms with Crippen LogP contribution in [0.2, 0.25) is 5.02 Å². The summed E-state index contributed by atoms with van der Waals surface area (Å²) < 4.78 is 68.0. The van der Waals surface area contributed by atoms with Gasteiger partial charge in [0.05, 0.1) is 15.2 Å². The molecule has 2 fully saturated rings. The van der Waals surface area contributed by atoms with Crippen LogP contribution in [-0.4, -0.2) is 30.3 Å². The fourth-order valence-electron chi connectivity index (χ4n) is 5.69. The molecule has 202 valence electrons. The number of sulfone groups is 1. The highest BCUT2D eigenvalue weighted by atomic mass is 35.5.